The Labute approximate surface area is 121 Å². The summed E-state index contributed by atoms with van der Waals surface area (Å²) in [6.45, 7) is -0.116. The molecule has 2 aromatic rings. The summed E-state index contributed by atoms with van der Waals surface area (Å²) < 4.78 is 37.5. The van der Waals surface area contributed by atoms with Crippen molar-refractivity contribution in [1.82, 2.24) is 20.0 Å². The molecule has 21 heavy (non-hydrogen) atoms. The van der Waals surface area contributed by atoms with Crippen molar-refractivity contribution in [3.63, 3.8) is 0 Å². The highest BCUT2D eigenvalue weighted by Crippen LogP contribution is 2.30. The lowest BCUT2D eigenvalue weighted by molar-refractivity contribution is -0.0328. The minimum atomic E-state index is -4.34. The van der Waals surface area contributed by atoms with E-state index in [4.69, 9.17) is 5.11 Å². The van der Waals surface area contributed by atoms with Crippen molar-refractivity contribution in [2.75, 3.05) is 5.75 Å². The van der Waals surface area contributed by atoms with E-state index in [0.29, 0.717) is 5.56 Å². The number of halogens is 3. The van der Waals surface area contributed by atoms with Crippen molar-refractivity contribution in [2.24, 2.45) is 0 Å². The first-order chi connectivity index (χ1) is 9.88. The van der Waals surface area contributed by atoms with Crippen molar-refractivity contribution in [3.8, 4) is 11.3 Å². The number of rotatable bonds is 5. The standard InChI is InChI=1S/C11H9F3N4O2S/c12-11(13,14)21-5-4-18-9(7-2-1-3-15-6-7)8(10(19)20)16-17-18/h1-3,6H,4-5H2,(H,19,20). The maximum Gasteiger partial charge on any atom is 0.441 e. The zero-order valence-corrected chi connectivity index (χ0v) is 11.2. The average molecular weight is 318 g/mol. The van der Waals surface area contributed by atoms with E-state index in [0.717, 1.165) is 4.68 Å². The Morgan fingerprint density at radius 1 is 1.43 bits per heavy atom. The minimum Gasteiger partial charge on any atom is -0.476 e. The first-order valence-corrected chi connectivity index (χ1v) is 6.65. The molecule has 10 heteroatoms. The molecule has 6 nitrogen and oxygen atoms in total. The van der Waals surface area contributed by atoms with Crippen LogP contribution in [0.2, 0.25) is 0 Å². The van der Waals surface area contributed by atoms with E-state index >= 15 is 0 Å². The highest BCUT2D eigenvalue weighted by atomic mass is 32.2. The number of aryl methyl sites for hydroxylation is 1. The Balaban J connectivity index is 2.28. The third-order valence-corrected chi connectivity index (χ3v) is 3.16. The highest BCUT2D eigenvalue weighted by molar-refractivity contribution is 8.00. The van der Waals surface area contributed by atoms with Crippen LogP contribution >= 0.6 is 11.8 Å². The van der Waals surface area contributed by atoms with Gasteiger partial charge in [0.15, 0.2) is 5.69 Å². The number of thioether (sulfide) groups is 1. The number of alkyl halides is 3. The molecule has 1 N–H and O–H groups in total. The lowest BCUT2D eigenvalue weighted by atomic mass is 10.1. The number of carboxylic acid groups (broad SMARTS) is 1. The van der Waals surface area contributed by atoms with Crippen LogP contribution in [0.15, 0.2) is 24.5 Å². The Kier molecular flexibility index (Phi) is 4.46. The van der Waals surface area contributed by atoms with Gasteiger partial charge in [0.1, 0.15) is 5.69 Å². The molecule has 0 unspecified atom stereocenters. The van der Waals surface area contributed by atoms with E-state index < -0.39 is 11.5 Å². The van der Waals surface area contributed by atoms with Crippen LogP contribution in [-0.2, 0) is 6.54 Å². The van der Waals surface area contributed by atoms with E-state index in [-0.39, 0.29) is 35.4 Å². The molecule has 112 valence electrons. The van der Waals surface area contributed by atoms with E-state index in [9.17, 15) is 18.0 Å². The fourth-order valence-electron chi connectivity index (χ4n) is 1.65. The van der Waals surface area contributed by atoms with Gasteiger partial charge < -0.3 is 5.11 Å². The first kappa shape index (κ1) is 15.3. The second kappa shape index (κ2) is 6.12. The maximum absolute atomic E-state index is 12.1. The van der Waals surface area contributed by atoms with Gasteiger partial charge in [0.2, 0.25) is 0 Å². The van der Waals surface area contributed by atoms with Crippen LogP contribution in [0.5, 0.6) is 0 Å². The van der Waals surface area contributed by atoms with Crippen molar-refractivity contribution in [2.45, 2.75) is 12.1 Å². The third-order valence-electron chi connectivity index (χ3n) is 2.44. The zero-order chi connectivity index (χ0) is 15.5. The normalized spacial score (nSPS) is 11.6. The summed E-state index contributed by atoms with van der Waals surface area (Å²) in [5, 5.41) is 16.2. The number of carbonyl (C=O) groups is 1. The van der Waals surface area contributed by atoms with Crippen molar-refractivity contribution >= 4 is 17.7 Å². The minimum absolute atomic E-state index is 0.116. The summed E-state index contributed by atoms with van der Waals surface area (Å²) in [4.78, 5) is 15.0. The lowest BCUT2D eigenvalue weighted by Crippen LogP contribution is -2.10. The molecule has 0 aromatic carbocycles. The molecule has 0 amide bonds. The molecule has 0 aliphatic carbocycles. The molecule has 2 heterocycles. The lowest BCUT2D eigenvalue weighted by Gasteiger charge is -2.08. The van der Waals surface area contributed by atoms with Crippen LogP contribution in [0.3, 0.4) is 0 Å². The fourth-order valence-corrected chi connectivity index (χ4v) is 2.15. The molecule has 0 fully saturated rings. The van der Waals surface area contributed by atoms with Crippen molar-refractivity contribution in [1.29, 1.82) is 0 Å². The molecule has 0 aliphatic rings. The topological polar surface area (TPSA) is 80.9 Å². The second-order valence-electron chi connectivity index (χ2n) is 3.85. The van der Waals surface area contributed by atoms with Crippen LogP contribution in [0, 0.1) is 0 Å². The van der Waals surface area contributed by atoms with Crippen LogP contribution in [0.1, 0.15) is 10.5 Å². The van der Waals surface area contributed by atoms with Crippen LogP contribution in [-0.4, -0.2) is 42.3 Å². The van der Waals surface area contributed by atoms with Gasteiger partial charge in [-0.2, -0.15) is 13.2 Å². The Hall–Kier alpha value is -2.10. The molecule has 0 atom stereocenters. The molecular formula is C11H9F3N4O2S. The quantitative estimate of drug-likeness (QED) is 0.911. The number of hydrogen-bond donors (Lipinski definition) is 1. The summed E-state index contributed by atoms with van der Waals surface area (Å²) >= 11 is -0.202. The smallest absolute Gasteiger partial charge is 0.441 e. The monoisotopic (exact) mass is 318 g/mol. The van der Waals surface area contributed by atoms with Gasteiger partial charge in [0.05, 0.1) is 6.54 Å². The SMILES string of the molecule is O=C(O)c1nnn(CCSC(F)(F)F)c1-c1cccnc1. The molecule has 0 saturated carbocycles. The summed E-state index contributed by atoms with van der Waals surface area (Å²) in [5.41, 5.74) is -4.10. The number of nitrogens with zero attached hydrogens (tertiary/aromatic N) is 4. The van der Waals surface area contributed by atoms with Gasteiger partial charge in [-0.3, -0.25) is 4.98 Å². The number of aromatic carboxylic acids is 1. The van der Waals surface area contributed by atoms with E-state index in [1.165, 1.54) is 12.4 Å². The number of hydrogen-bond acceptors (Lipinski definition) is 5. The molecule has 0 bridgehead atoms. The maximum atomic E-state index is 12.1. The molecule has 2 aromatic heterocycles. The summed E-state index contributed by atoms with van der Waals surface area (Å²) in [5.74, 6) is -1.59. The van der Waals surface area contributed by atoms with Gasteiger partial charge >= 0.3 is 11.5 Å². The van der Waals surface area contributed by atoms with E-state index in [1.54, 1.807) is 12.1 Å². The van der Waals surface area contributed by atoms with Gasteiger partial charge in [0, 0.05) is 23.7 Å². The Morgan fingerprint density at radius 2 is 2.19 bits per heavy atom. The third kappa shape index (κ3) is 3.94. The Bertz CT molecular complexity index is 630. The Morgan fingerprint density at radius 3 is 2.76 bits per heavy atom. The zero-order valence-electron chi connectivity index (χ0n) is 10.4. The van der Waals surface area contributed by atoms with Gasteiger partial charge in [-0.25, -0.2) is 9.48 Å². The molecular weight excluding hydrogens is 309 g/mol. The van der Waals surface area contributed by atoms with Gasteiger partial charge in [0.25, 0.3) is 0 Å². The number of aromatic nitrogens is 4. The van der Waals surface area contributed by atoms with E-state index in [1.807, 2.05) is 0 Å². The largest absolute Gasteiger partial charge is 0.476 e. The predicted octanol–water partition coefficient (Wildman–Crippen LogP) is 2.29. The summed E-state index contributed by atoms with van der Waals surface area (Å²) in [7, 11) is 0. The van der Waals surface area contributed by atoms with Crippen molar-refractivity contribution < 1.29 is 23.1 Å². The predicted molar refractivity (Wildman–Crippen MR) is 68.7 cm³/mol. The molecule has 2 rings (SSSR count). The highest BCUT2D eigenvalue weighted by Gasteiger charge is 2.28. The van der Waals surface area contributed by atoms with Gasteiger partial charge in [-0.1, -0.05) is 5.21 Å². The molecule has 0 radical (unpaired) electrons. The van der Waals surface area contributed by atoms with E-state index in [2.05, 4.69) is 15.3 Å². The van der Waals surface area contributed by atoms with Crippen LogP contribution in [0.25, 0.3) is 11.3 Å². The second-order valence-corrected chi connectivity index (χ2v) is 5.01. The number of pyridine rings is 1. The summed E-state index contributed by atoms with van der Waals surface area (Å²) in [6.07, 6.45) is 2.90. The molecule has 0 spiro atoms. The van der Waals surface area contributed by atoms with Gasteiger partial charge in [-0.05, 0) is 23.9 Å². The van der Waals surface area contributed by atoms with Crippen LogP contribution < -0.4 is 0 Å². The first-order valence-electron chi connectivity index (χ1n) is 5.66. The average Bonchev–Trinajstić information content (AvgIpc) is 2.82. The van der Waals surface area contributed by atoms with Gasteiger partial charge in [-0.15, -0.1) is 5.10 Å². The van der Waals surface area contributed by atoms with Crippen LogP contribution in [0.4, 0.5) is 13.2 Å². The van der Waals surface area contributed by atoms with Crippen molar-refractivity contribution in [3.05, 3.63) is 30.2 Å². The summed E-state index contributed by atoms with van der Waals surface area (Å²) in [6, 6.07) is 3.17. The molecule has 0 saturated heterocycles. The fraction of sp³-hybridized carbons (Fsp3) is 0.273. The number of carboxylic acids is 1. The molecule has 0 aliphatic heterocycles.